The lowest BCUT2D eigenvalue weighted by Crippen LogP contribution is -2.31. The molecule has 2 heteroatoms. The standard InChI is InChI=1S/C12H16O2/c1-7(13)14-12-6-8-5-11(12)10-4-2-3-9(8)10/h2-3,8-12H,4-6H2,1H3/t8?,9-,10-,11?,12-/m0/s1. The molecule has 14 heavy (non-hydrogen) atoms. The maximum Gasteiger partial charge on any atom is 0.302 e. The van der Waals surface area contributed by atoms with Crippen LogP contribution in [0.25, 0.3) is 0 Å². The number of esters is 1. The summed E-state index contributed by atoms with van der Waals surface area (Å²) in [5.41, 5.74) is 0. The van der Waals surface area contributed by atoms with E-state index in [-0.39, 0.29) is 12.1 Å². The van der Waals surface area contributed by atoms with Crippen LogP contribution in [0.15, 0.2) is 12.2 Å². The molecule has 0 saturated heterocycles. The van der Waals surface area contributed by atoms with Crippen molar-refractivity contribution in [2.45, 2.75) is 32.3 Å². The molecule has 3 aliphatic rings. The molecule has 0 radical (unpaired) electrons. The Kier molecular flexibility index (Phi) is 1.73. The average Bonchev–Trinajstić information content (AvgIpc) is 2.68. The third-order valence-electron chi connectivity index (χ3n) is 4.26. The molecule has 3 rings (SSSR count). The van der Waals surface area contributed by atoms with Crippen LogP contribution >= 0.6 is 0 Å². The first kappa shape index (κ1) is 8.51. The first-order valence-corrected chi connectivity index (χ1v) is 5.59. The van der Waals surface area contributed by atoms with Crippen molar-refractivity contribution in [1.82, 2.24) is 0 Å². The molecule has 0 aromatic rings. The molecule has 0 amide bonds. The molecule has 2 nitrogen and oxygen atoms in total. The highest BCUT2D eigenvalue weighted by Crippen LogP contribution is 2.57. The van der Waals surface area contributed by atoms with Crippen LogP contribution in [0.2, 0.25) is 0 Å². The second kappa shape index (κ2) is 2.85. The monoisotopic (exact) mass is 192 g/mol. The zero-order chi connectivity index (χ0) is 9.71. The van der Waals surface area contributed by atoms with Crippen LogP contribution in [0, 0.1) is 23.7 Å². The number of ether oxygens (including phenoxy) is 1. The minimum atomic E-state index is -0.106. The third kappa shape index (κ3) is 1.06. The molecule has 2 unspecified atom stereocenters. The highest BCUT2D eigenvalue weighted by Gasteiger charge is 2.53. The molecule has 2 saturated carbocycles. The SMILES string of the molecule is CC(=O)O[C@H]1CC2CC1[C@H]1CC=C[C@@H]21. The Labute approximate surface area is 84.3 Å². The number of carbonyl (C=O) groups is 1. The van der Waals surface area contributed by atoms with Gasteiger partial charge in [-0.2, -0.15) is 0 Å². The van der Waals surface area contributed by atoms with Gasteiger partial charge in [-0.15, -0.1) is 0 Å². The van der Waals surface area contributed by atoms with Crippen molar-refractivity contribution in [3.8, 4) is 0 Å². The zero-order valence-electron chi connectivity index (χ0n) is 8.48. The second-order valence-corrected chi connectivity index (χ2v) is 4.95. The lowest BCUT2D eigenvalue weighted by atomic mass is 9.80. The van der Waals surface area contributed by atoms with E-state index in [1.165, 1.54) is 19.8 Å². The highest BCUT2D eigenvalue weighted by molar-refractivity contribution is 5.66. The predicted octanol–water partition coefficient (Wildman–Crippen LogP) is 2.15. The molecular weight excluding hydrogens is 176 g/mol. The number of allylic oxidation sites excluding steroid dienone is 2. The van der Waals surface area contributed by atoms with Gasteiger partial charge in [0.15, 0.2) is 0 Å². The molecule has 0 aromatic carbocycles. The predicted molar refractivity (Wildman–Crippen MR) is 52.5 cm³/mol. The fourth-order valence-corrected chi connectivity index (χ4v) is 3.84. The fraction of sp³-hybridized carbons (Fsp3) is 0.750. The van der Waals surface area contributed by atoms with E-state index in [4.69, 9.17) is 4.74 Å². The molecule has 0 aromatic heterocycles. The normalized spacial score (nSPS) is 48.2. The topological polar surface area (TPSA) is 26.3 Å². The quantitative estimate of drug-likeness (QED) is 0.470. The summed E-state index contributed by atoms with van der Waals surface area (Å²) in [7, 11) is 0. The minimum absolute atomic E-state index is 0.106. The van der Waals surface area contributed by atoms with Gasteiger partial charge in [-0.3, -0.25) is 4.79 Å². The summed E-state index contributed by atoms with van der Waals surface area (Å²) in [4.78, 5) is 10.9. The largest absolute Gasteiger partial charge is 0.462 e. The summed E-state index contributed by atoms with van der Waals surface area (Å²) < 4.78 is 5.39. The van der Waals surface area contributed by atoms with E-state index in [9.17, 15) is 4.79 Å². The molecule has 2 bridgehead atoms. The van der Waals surface area contributed by atoms with Gasteiger partial charge in [-0.25, -0.2) is 0 Å². The van der Waals surface area contributed by atoms with Crippen LogP contribution in [0.5, 0.6) is 0 Å². The van der Waals surface area contributed by atoms with E-state index in [0.29, 0.717) is 5.92 Å². The molecule has 5 atom stereocenters. The van der Waals surface area contributed by atoms with Crippen molar-refractivity contribution < 1.29 is 9.53 Å². The number of rotatable bonds is 1. The summed E-state index contributed by atoms with van der Waals surface area (Å²) in [6.07, 6.45) is 8.54. The van der Waals surface area contributed by atoms with Gasteiger partial charge in [-0.05, 0) is 42.9 Å². The summed E-state index contributed by atoms with van der Waals surface area (Å²) in [6, 6.07) is 0. The van der Waals surface area contributed by atoms with Crippen LogP contribution in [-0.2, 0) is 9.53 Å². The highest BCUT2D eigenvalue weighted by atomic mass is 16.5. The Bertz CT molecular complexity index is 295. The summed E-state index contributed by atoms with van der Waals surface area (Å²) in [5, 5.41) is 0. The first-order valence-electron chi connectivity index (χ1n) is 5.59. The molecule has 0 spiro atoms. The van der Waals surface area contributed by atoms with Gasteiger partial charge >= 0.3 is 5.97 Å². The molecule has 0 aliphatic heterocycles. The van der Waals surface area contributed by atoms with Crippen molar-refractivity contribution in [3.05, 3.63) is 12.2 Å². The Morgan fingerprint density at radius 2 is 2.21 bits per heavy atom. The van der Waals surface area contributed by atoms with E-state index in [1.54, 1.807) is 0 Å². The number of hydrogen-bond donors (Lipinski definition) is 0. The van der Waals surface area contributed by atoms with Gasteiger partial charge < -0.3 is 4.74 Å². The number of carbonyl (C=O) groups excluding carboxylic acids is 1. The van der Waals surface area contributed by atoms with Gasteiger partial charge in [0.05, 0.1) is 0 Å². The van der Waals surface area contributed by atoms with Crippen molar-refractivity contribution in [3.63, 3.8) is 0 Å². The minimum Gasteiger partial charge on any atom is -0.462 e. The smallest absolute Gasteiger partial charge is 0.302 e. The maximum atomic E-state index is 10.9. The molecular formula is C12H16O2. The van der Waals surface area contributed by atoms with Gasteiger partial charge in [0.1, 0.15) is 6.10 Å². The molecule has 2 fully saturated rings. The Morgan fingerprint density at radius 1 is 1.36 bits per heavy atom. The Hall–Kier alpha value is -0.790. The van der Waals surface area contributed by atoms with Crippen LogP contribution in [-0.4, -0.2) is 12.1 Å². The van der Waals surface area contributed by atoms with Crippen molar-refractivity contribution in [2.24, 2.45) is 23.7 Å². The third-order valence-corrected chi connectivity index (χ3v) is 4.26. The van der Waals surface area contributed by atoms with Gasteiger partial charge in [0.25, 0.3) is 0 Å². The van der Waals surface area contributed by atoms with Crippen LogP contribution in [0.3, 0.4) is 0 Å². The van der Waals surface area contributed by atoms with Gasteiger partial charge in [-0.1, -0.05) is 12.2 Å². The summed E-state index contributed by atoms with van der Waals surface area (Å²) in [6.45, 7) is 1.52. The van der Waals surface area contributed by atoms with Crippen molar-refractivity contribution in [1.29, 1.82) is 0 Å². The summed E-state index contributed by atoms with van der Waals surface area (Å²) in [5.74, 6) is 2.95. The Morgan fingerprint density at radius 3 is 3.00 bits per heavy atom. The average molecular weight is 192 g/mol. The molecule has 0 heterocycles. The van der Waals surface area contributed by atoms with Crippen LogP contribution in [0.4, 0.5) is 0 Å². The van der Waals surface area contributed by atoms with E-state index in [2.05, 4.69) is 12.2 Å². The van der Waals surface area contributed by atoms with Gasteiger partial charge in [0.2, 0.25) is 0 Å². The van der Waals surface area contributed by atoms with Crippen molar-refractivity contribution >= 4 is 5.97 Å². The van der Waals surface area contributed by atoms with Crippen LogP contribution in [0.1, 0.15) is 26.2 Å². The maximum absolute atomic E-state index is 10.9. The molecule has 76 valence electrons. The number of fused-ring (bicyclic) bond motifs is 5. The lowest BCUT2D eigenvalue weighted by Gasteiger charge is -2.30. The first-order chi connectivity index (χ1) is 6.75. The van der Waals surface area contributed by atoms with E-state index in [0.717, 1.165) is 24.2 Å². The molecule has 3 aliphatic carbocycles. The van der Waals surface area contributed by atoms with Gasteiger partial charge in [0, 0.05) is 6.92 Å². The second-order valence-electron chi connectivity index (χ2n) is 4.95. The zero-order valence-corrected chi connectivity index (χ0v) is 8.48. The van der Waals surface area contributed by atoms with Crippen LogP contribution < -0.4 is 0 Å². The molecule has 0 N–H and O–H groups in total. The Balaban J connectivity index is 1.75. The van der Waals surface area contributed by atoms with Crippen molar-refractivity contribution in [2.75, 3.05) is 0 Å². The van der Waals surface area contributed by atoms with E-state index >= 15 is 0 Å². The summed E-state index contributed by atoms with van der Waals surface area (Å²) >= 11 is 0. The van der Waals surface area contributed by atoms with E-state index < -0.39 is 0 Å². The lowest BCUT2D eigenvalue weighted by molar-refractivity contribution is -0.150. The van der Waals surface area contributed by atoms with E-state index in [1.807, 2.05) is 0 Å². The number of hydrogen-bond acceptors (Lipinski definition) is 2. The fourth-order valence-electron chi connectivity index (χ4n) is 3.84.